The molecule has 1 heterocycles. The zero-order valence-electron chi connectivity index (χ0n) is 11.8. The molecule has 1 amide bonds. The minimum absolute atomic E-state index is 0.0829. The van der Waals surface area contributed by atoms with Gasteiger partial charge in [-0.1, -0.05) is 0 Å². The minimum atomic E-state index is -3.26. The normalized spacial score (nSPS) is 20.6. The summed E-state index contributed by atoms with van der Waals surface area (Å²) >= 11 is 0. The Hall–Kier alpha value is -1.15. The van der Waals surface area contributed by atoms with Crippen molar-refractivity contribution in [1.29, 1.82) is 0 Å². The number of carbonyl (C=O) groups excluding carboxylic acids is 1. The van der Waals surface area contributed by atoms with Crippen molar-refractivity contribution >= 4 is 21.7 Å². The van der Waals surface area contributed by atoms with Gasteiger partial charge in [-0.25, -0.2) is 13.2 Å². The number of nitrogens with one attached hydrogen (secondary N) is 1. The number of carboxylic acids is 1. The number of likely N-dealkylation sites (N-methyl/N-ethyl adjacent to an activating group) is 1. The lowest BCUT2D eigenvalue weighted by molar-refractivity contribution is -0.150. The molecule has 0 spiro atoms. The van der Waals surface area contributed by atoms with Crippen LogP contribution in [0.25, 0.3) is 0 Å². The Morgan fingerprint density at radius 2 is 2.10 bits per heavy atom. The SMILES string of the molecule is CCN(C(=O)C1CCCN1)[C@@H](CCS(C)(=O)=O)C(=O)O. The van der Waals surface area contributed by atoms with E-state index < -0.39 is 21.8 Å². The number of hydrogen-bond acceptors (Lipinski definition) is 5. The van der Waals surface area contributed by atoms with Gasteiger partial charge < -0.3 is 15.3 Å². The Bertz CT molecular complexity index is 456. The van der Waals surface area contributed by atoms with E-state index >= 15 is 0 Å². The third-order valence-corrected chi connectivity index (χ3v) is 4.38. The van der Waals surface area contributed by atoms with Crippen molar-refractivity contribution in [3.05, 3.63) is 0 Å². The quantitative estimate of drug-likeness (QED) is 0.655. The predicted molar refractivity (Wildman–Crippen MR) is 74.2 cm³/mol. The highest BCUT2D eigenvalue weighted by Crippen LogP contribution is 2.14. The lowest BCUT2D eigenvalue weighted by Gasteiger charge is -2.30. The molecule has 1 unspecified atom stereocenters. The van der Waals surface area contributed by atoms with Crippen LogP contribution in [0.2, 0.25) is 0 Å². The summed E-state index contributed by atoms with van der Waals surface area (Å²) < 4.78 is 22.4. The summed E-state index contributed by atoms with van der Waals surface area (Å²) in [5.41, 5.74) is 0. The monoisotopic (exact) mass is 306 g/mol. The average molecular weight is 306 g/mol. The van der Waals surface area contributed by atoms with E-state index in [4.69, 9.17) is 0 Å². The summed E-state index contributed by atoms with van der Waals surface area (Å²) in [7, 11) is -3.26. The maximum absolute atomic E-state index is 12.3. The first-order valence-electron chi connectivity index (χ1n) is 6.70. The smallest absolute Gasteiger partial charge is 0.326 e. The maximum Gasteiger partial charge on any atom is 0.326 e. The van der Waals surface area contributed by atoms with Crippen molar-refractivity contribution in [2.75, 3.05) is 25.1 Å². The Morgan fingerprint density at radius 1 is 1.45 bits per heavy atom. The van der Waals surface area contributed by atoms with Crippen LogP contribution in [0, 0.1) is 0 Å². The lowest BCUT2D eigenvalue weighted by atomic mass is 10.1. The van der Waals surface area contributed by atoms with Gasteiger partial charge in [0, 0.05) is 12.8 Å². The molecule has 0 bridgehead atoms. The Balaban J connectivity index is 2.80. The number of sulfone groups is 1. The number of carbonyl (C=O) groups is 2. The molecule has 1 aliphatic heterocycles. The predicted octanol–water partition coefficient (Wildman–Crippen LogP) is -0.525. The molecule has 7 nitrogen and oxygen atoms in total. The molecule has 1 rings (SSSR count). The molecule has 0 radical (unpaired) electrons. The molecule has 2 N–H and O–H groups in total. The lowest BCUT2D eigenvalue weighted by Crippen LogP contribution is -2.51. The van der Waals surface area contributed by atoms with Crippen LogP contribution in [0.1, 0.15) is 26.2 Å². The number of hydrogen-bond donors (Lipinski definition) is 2. The second-order valence-corrected chi connectivity index (χ2v) is 7.31. The molecule has 1 saturated heterocycles. The second-order valence-electron chi connectivity index (χ2n) is 5.05. The van der Waals surface area contributed by atoms with Gasteiger partial charge in [0.25, 0.3) is 0 Å². The Labute approximate surface area is 119 Å². The fourth-order valence-electron chi connectivity index (χ4n) is 2.36. The van der Waals surface area contributed by atoms with Crippen LogP contribution in [0.5, 0.6) is 0 Å². The fraction of sp³-hybridized carbons (Fsp3) is 0.833. The van der Waals surface area contributed by atoms with E-state index in [9.17, 15) is 23.1 Å². The number of nitrogens with zero attached hydrogens (tertiary/aromatic N) is 1. The third kappa shape index (κ3) is 4.75. The Morgan fingerprint density at radius 3 is 2.50 bits per heavy atom. The first-order chi connectivity index (χ1) is 9.26. The number of aliphatic carboxylic acids is 1. The summed E-state index contributed by atoms with van der Waals surface area (Å²) in [6.07, 6.45) is 2.55. The van der Waals surface area contributed by atoms with E-state index in [1.807, 2.05) is 0 Å². The summed E-state index contributed by atoms with van der Waals surface area (Å²) in [6, 6.07) is -1.44. The molecule has 8 heteroatoms. The first kappa shape index (κ1) is 16.9. The Kier molecular flexibility index (Phi) is 5.94. The van der Waals surface area contributed by atoms with Gasteiger partial charge in [0.15, 0.2) is 0 Å². The van der Waals surface area contributed by atoms with Gasteiger partial charge in [0.05, 0.1) is 11.8 Å². The van der Waals surface area contributed by atoms with Crippen molar-refractivity contribution in [1.82, 2.24) is 10.2 Å². The highest BCUT2D eigenvalue weighted by Gasteiger charge is 2.34. The molecule has 2 atom stereocenters. The standard InChI is InChI=1S/C12H22N2O5S/c1-3-14(11(15)9-5-4-7-13-9)10(12(16)17)6-8-20(2,18)19/h9-10,13H,3-8H2,1-2H3,(H,16,17)/t9?,10-/m0/s1. The van der Waals surface area contributed by atoms with Gasteiger partial charge in [-0.15, -0.1) is 0 Å². The molecule has 1 aliphatic rings. The van der Waals surface area contributed by atoms with Crippen molar-refractivity contribution in [3.63, 3.8) is 0 Å². The molecule has 0 aromatic rings. The van der Waals surface area contributed by atoms with Gasteiger partial charge in [0.2, 0.25) is 5.91 Å². The summed E-state index contributed by atoms with van der Waals surface area (Å²) in [6.45, 7) is 2.69. The number of carboxylic acid groups (broad SMARTS) is 1. The van der Waals surface area contributed by atoms with Gasteiger partial charge >= 0.3 is 5.97 Å². The van der Waals surface area contributed by atoms with Crippen molar-refractivity contribution in [3.8, 4) is 0 Å². The highest BCUT2D eigenvalue weighted by atomic mass is 32.2. The molecule has 20 heavy (non-hydrogen) atoms. The average Bonchev–Trinajstić information content (AvgIpc) is 2.85. The molecular weight excluding hydrogens is 284 g/mol. The molecule has 0 saturated carbocycles. The molecular formula is C12H22N2O5S. The zero-order chi connectivity index (χ0) is 15.3. The van der Waals surface area contributed by atoms with Crippen molar-refractivity contribution in [2.24, 2.45) is 0 Å². The molecule has 116 valence electrons. The summed E-state index contributed by atoms with van der Waals surface area (Å²) in [4.78, 5) is 24.9. The second kappa shape index (κ2) is 7.03. The van der Waals surface area contributed by atoms with Crippen molar-refractivity contribution < 1.29 is 23.1 Å². The highest BCUT2D eigenvalue weighted by molar-refractivity contribution is 7.90. The van der Waals surface area contributed by atoms with Gasteiger partial charge in [-0.3, -0.25) is 4.79 Å². The van der Waals surface area contributed by atoms with Crippen LogP contribution in [-0.2, 0) is 19.4 Å². The first-order valence-corrected chi connectivity index (χ1v) is 8.76. The largest absolute Gasteiger partial charge is 0.480 e. The summed E-state index contributed by atoms with van der Waals surface area (Å²) in [5, 5.41) is 12.3. The third-order valence-electron chi connectivity index (χ3n) is 3.41. The van der Waals surface area contributed by atoms with Crippen LogP contribution in [-0.4, -0.2) is 67.5 Å². The number of amides is 1. The maximum atomic E-state index is 12.3. The molecule has 0 aromatic heterocycles. The van der Waals surface area contributed by atoms with E-state index in [2.05, 4.69) is 5.32 Å². The van der Waals surface area contributed by atoms with Crippen LogP contribution in [0.15, 0.2) is 0 Å². The van der Waals surface area contributed by atoms with E-state index in [-0.39, 0.29) is 30.7 Å². The topological polar surface area (TPSA) is 104 Å². The number of rotatable bonds is 7. The van der Waals surface area contributed by atoms with E-state index in [1.165, 1.54) is 4.90 Å². The van der Waals surface area contributed by atoms with E-state index in [1.54, 1.807) is 6.92 Å². The van der Waals surface area contributed by atoms with Crippen LogP contribution in [0.3, 0.4) is 0 Å². The zero-order valence-corrected chi connectivity index (χ0v) is 12.6. The van der Waals surface area contributed by atoms with Gasteiger partial charge in [-0.2, -0.15) is 0 Å². The van der Waals surface area contributed by atoms with E-state index in [0.29, 0.717) is 6.42 Å². The fourth-order valence-corrected chi connectivity index (χ4v) is 3.02. The van der Waals surface area contributed by atoms with Crippen LogP contribution >= 0.6 is 0 Å². The molecule has 0 aliphatic carbocycles. The minimum Gasteiger partial charge on any atom is -0.480 e. The molecule has 1 fully saturated rings. The van der Waals surface area contributed by atoms with Crippen LogP contribution in [0.4, 0.5) is 0 Å². The van der Waals surface area contributed by atoms with E-state index in [0.717, 1.165) is 19.2 Å². The van der Waals surface area contributed by atoms with Crippen LogP contribution < -0.4 is 5.32 Å². The van der Waals surface area contributed by atoms with Gasteiger partial charge in [0.1, 0.15) is 15.9 Å². The summed E-state index contributed by atoms with van der Waals surface area (Å²) in [5.74, 6) is -1.67. The molecule has 0 aromatic carbocycles. The van der Waals surface area contributed by atoms with Crippen molar-refractivity contribution in [2.45, 2.75) is 38.3 Å². The van der Waals surface area contributed by atoms with Gasteiger partial charge in [-0.05, 0) is 32.7 Å².